The van der Waals surface area contributed by atoms with E-state index < -0.39 is 0 Å². The zero-order chi connectivity index (χ0) is 7.98. The molecule has 1 unspecified atom stereocenters. The van der Waals surface area contributed by atoms with Crippen LogP contribution in [0.2, 0.25) is 0 Å². The van der Waals surface area contributed by atoms with Gasteiger partial charge < -0.3 is 21.1 Å². The summed E-state index contributed by atoms with van der Waals surface area (Å²) in [5.74, 6) is 0. The van der Waals surface area contributed by atoms with Crippen molar-refractivity contribution in [3.05, 3.63) is 0 Å². The van der Waals surface area contributed by atoms with Crippen LogP contribution in [0.4, 0.5) is 0 Å². The van der Waals surface area contributed by atoms with Crippen LogP contribution in [-0.2, 0) is 9.59 Å². The molecular weight excluding hydrogens is 132 g/mol. The lowest BCUT2D eigenvalue weighted by molar-refractivity contribution is -0.110. The molecule has 0 radical (unpaired) electrons. The van der Waals surface area contributed by atoms with Gasteiger partial charge in [-0.25, -0.2) is 0 Å². The minimum absolute atomic E-state index is 0.217. The maximum atomic E-state index is 9.90. The van der Waals surface area contributed by atoms with Crippen molar-refractivity contribution in [1.82, 2.24) is 0 Å². The molecule has 0 aromatic carbocycles. The van der Waals surface area contributed by atoms with Crippen LogP contribution in [0.5, 0.6) is 0 Å². The number of hydrogen-bond donors (Lipinski definition) is 2. The number of hydrogen-bond acceptors (Lipinski definition) is 4. The fourth-order valence-corrected chi connectivity index (χ4v) is 0.572. The summed E-state index contributed by atoms with van der Waals surface area (Å²) in [4.78, 5) is 19.8. The first-order valence-corrected chi connectivity index (χ1v) is 3.10. The number of carbonyl (C=O) groups excluding carboxylic acids is 2. The molecule has 0 aromatic heterocycles. The van der Waals surface area contributed by atoms with E-state index in [-0.39, 0.29) is 24.9 Å². The Morgan fingerprint density at radius 3 is 1.50 bits per heavy atom. The monoisotopic (exact) mass is 144 g/mol. The topological polar surface area (TPSA) is 86.2 Å². The molecule has 0 heterocycles. The fourth-order valence-electron chi connectivity index (χ4n) is 0.572. The molecule has 0 bridgehead atoms. The summed E-state index contributed by atoms with van der Waals surface area (Å²) in [5, 5.41) is 0. The van der Waals surface area contributed by atoms with Crippen molar-refractivity contribution in [2.75, 3.05) is 0 Å². The van der Waals surface area contributed by atoms with Crippen molar-refractivity contribution < 1.29 is 9.59 Å². The third kappa shape index (κ3) is 3.32. The first-order valence-electron chi connectivity index (χ1n) is 3.10. The Kier molecular flexibility index (Phi) is 4.70. The molecule has 0 saturated carbocycles. The van der Waals surface area contributed by atoms with E-state index in [9.17, 15) is 9.59 Å². The van der Waals surface area contributed by atoms with Crippen LogP contribution in [0.15, 0.2) is 0 Å². The predicted octanol–water partition coefficient (Wildman–Crippen LogP) is -1.18. The minimum atomic E-state index is -0.386. The van der Waals surface area contributed by atoms with Crippen LogP contribution in [0.3, 0.4) is 0 Å². The Morgan fingerprint density at radius 1 is 1.00 bits per heavy atom. The summed E-state index contributed by atoms with van der Waals surface area (Å²) in [6, 6.07) is -0.773. The third-order valence-electron chi connectivity index (χ3n) is 1.29. The van der Waals surface area contributed by atoms with Gasteiger partial charge in [-0.15, -0.1) is 0 Å². The molecule has 0 aromatic rings. The molecule has 0 rings (SSSR count). The quantitative estimate of drug-likeness (QED) is 0.475. The Balaban J connectivity index is 3.56. The molecule has 0 aliphatic heterocycles. The number of aldehydes is 2. The Bertz CT molecular complexity index is 102. The molecule has 10 heavy (non-hydrogen) atoms. The van der Waals surface area contributed by atoms with E-state index in [0.29, 0.717) is 12.6 Å². The SMILES string of the molecule is NC(CC=O)[C@@H](N)CC=O. The summed E-state index contributed by atoms with van der Waals surface area (Å²) < 4.78 is 0. The van der Waals surface area contributed by atoms with Crippen molar-refractivity contribution in [1.29, 1.82) is 0 Å². The highest BCUT2D eigenvalue weighted by molar-refractivity contribution is 5.53. The van der Waals surface area contributed by atoms with Gasteiger partial charge in [0, 0.05) is 24.9 Å². The van der Waals surface area contributed by atoms with Gasteiger partial charge in [0.15, 0.2) is 0 Å². The molecule has 0 aliphatic carbocycles. The lowest BCUT2D eigenvalue weighted by atomic mass is 10.1. The van der Waals surface area contributed by atoms with Crippen LogP contribution in [0.1, 0.15) is 12.8 Å². The van der Waals surface area contributed by atoms with Gasteiger partial charge in [-0.3, -0.25) is 0 Å². The van der Waals surface area contributed by atoms with Gasteiger partial charge in [0.05, 0.1) is 0 Å². The summed E-state index contributed by atoms with van der Waals surface area (Å²) >= 11 is 0. The standard InChI is InChI=1S/C6H12N2O2/c7-5(1-3-9)6(8)2-4-10/h3-6H,1-2,7-8H2/t5-,6?/m0/s1. The number of rotatable bonds is 5. The van der Waals surface area contributed by atoms with E-state index >= 15 is 0 Å². The summed E-state index contributed by atoms with van der Waals surface area (Å²) in [7, 11) is 0. The van der Waals surface area contributed by atoms with E-state index in [1.165, 1.54) is 0 Å². The van der Waals surface area contributed by atoms with Crippen molar-refractivity contribution in [2.24, 2.45) is 11.5 Å². The highest BCUT2D eigenvalue weighted by atomic mass is 16.1. The van der Waals surface area contributed by atoms with Gasteiger partial charge in [-0.1, -0.05) is 0 Å². The van der Waals surface area contributed by atoms with Gasteiger partial charge in [-0.05, 0) is 0 Å². The lowest BCUT2D eigenvalue weighted by Gasteiger charge is -2.13. The van der Waals surface area contributed by atoms with Crippen LogP contribution >= 0.6 is 0 Å². The molecular formula is C6H12N2O2. The number of nitrogens with two attached hydrogens (primary N) is 2. The van der Waals surface area contributed by atoms with Gasteiger partial charge in [0.25, 0.3) is 0 Å². The second-order valence-electron chi connectivity index (χ2n) is 2.13. The Morgan fingerprint density at radius 2 is 1.30 bits per heavy atom. The van der Waals surface area contributed by atoms with Crippen LogP contribution in [0.25, 0.3) is 0 Å². The van der Waals surface area contributed by atoms with Crippen molar-refractivity contribution >= 4 is 12.6 Å². The molecule has 0 aliphatic rings. The maximum absolute atomic E-state index is 9.90. The van der Waals surface area contributed by atoms with Crippen LogP contribution < -0.4 is 11.5 Å². The third-order valence-corrected chi connectivity index (χ3v) is 1.29. The molecule has 4 N–H and O–H groups in total. The molecule has 0 amide bonds. The molecule has 0 spiro atoms. The van der Waals surface area contributed by atoms with E-state index in [1.807, 2.05) is 0 Å². The van der Waals surface area contributed by atoms with E-state index in [0.717, 1.165) is 0 Å². The minimum Gasteiger partial charge on any atom is -0.326 e. The van der Waals surface area contributed by atoms with Gasteiger partial charge in [0.2, 0.25) is 0 Å². The average molecular weight is 144 g/mol. The molecule has 0 saturated heterocycles. The smallest absolute Gasteiger partial charge is 0.121 e. The first-order chi connectivity index (χ1) is 4.72. The van der Waals surface area contributed by atoms with E-state index in [4.69, 9.17) is 11.5 Å². The van der Waals surface area contributed by atoms with Crippen LogP contribution in [-0.4, -0.2) is 24.7 Å². The predicted molar refractivity (Wildman–Crippen MR) is 37.3 cm³/mol. The van der Waals surface area contributed by atoms with Gasteiger partial charge >= 0.3 is 0 Å². The maximum Gasteiger partial charge on any atom is 0.121 e. The highest BCUT2D eigenvalue weighted by Crippen LogP contribution is 1.93. The normalized spacial score (nSPS) is 15.8. The number of carbonyl (C=O) groups is 2. The summed E-state index contributed by atoms with van der Waals surface area (Å²) in [5.41, 5.74) is 10.8. The average Bonchev–Trinajstić information content (AvgIpc) is 1.89. The summed E-state index contributed by atoms with van der Waals surface area (Å²) in [6.45, 7) is 0. The van der Waals surface area contributed by atoms with Crippen LogP contribution in [0, 0.1) is 0 Å². The molecule has 4 heteroatoms. The molecule has 58 valence electrons. The zero-order valence-electron chi connectivity index (χ0n) is 5.69. The highest BCUT2D eigenvalue weighted by Gasteiger charge is 2.10. The molecule has 2 atom stereocenters. The largest absolute Gasteiger partial charge is 0.326 e. The van der Waals surface area contributed by atoms with Crippen molar-refractivity contribution in [2.45, 2.75) is 24.9 Å². The summed E-state index contributed by atoms with van der Waals surface area (Å²) in [6.07, 6.45) is 1.84. The Labute approximate surface area is 59.6 Å². The van der Waals surface area contributed by atoms with Crippen molar-refractivity contribution in [3.8, 4) is 0 Å². The van der Waals surface area contributed by atoms with Crippen molar-refractivity contribution in [3.63, 3.8) is 0 Å². The zero-order valence-corrected chi connectivity index (χ0v) is 5.69. The second-order valence-corrected chi connectivity index (χ2v) is 2.13. The lowest BCUT2D eigenvalue weighted by Crippen LogP contribution is -2.41. The first kappa shape index (κ1) is 9.26. The molecule has 0 fully saturated rings. The van der Waals surface area contributed by atoms with E-state index in [1.54, 1.807) is 0 Å². The van der Waals surface area contributed by atoms with Gasteiger partial charge in [0.1, 0.15) is 12.6 Å². The van der Waals surface area contributed by atoms with Gasteiger partial charge in [-0.2, -0.15) is 0 Å². The van der Waals surface area contributed by atoms with E-state index in [2.05, 4.69) is 0 Å². The Hall–Kier alpha value is -0.740. The second kappa shape index (κ2) is 5.08. The fraction of sp³-hybridized carbons (Fsp3) is 0.667. The molecule has 4 nitrogen and oxygen atoms in total.